The fourth-order valence-electron chi connectivity index (χ4n) is 2.85. The Morgan fingerprint density at radius 3 is 2.22 bits per heavy atom. The maximum atomic E-state index is 11.6. The van der Waals surface area contributed by atoms with Gasteiger partial charge in [0.25, 0.3) is 0 Å². The van der Waals surface area contributed by atoms with E-state index in [0.29, 0.717) is 11.8 Å². The zero-order chi connectivity index (χ0) is 13.5. The number of rotatable bonds is 3. The van der Waals surface area contributed by atoms with E-state index in [1.54, 1.807) is 20.8 Å². The number of ether oxygens (including phenoxy) is 1. The minimum atomic E-state index is -0.966. The third-order valence-corrected chi connectivity index (χ3v) is 3.69. The third-order valence-electron chi connectivity index (χ3n) is 3.69. The van der Waals surface area contributed by atoms with Crippen molar-refractivity contribution in [2.24, 2.45) is 17.8 Å². The molecule has 2 aliphatic carbocycles. The van der Waals surface area contributed by atoms with Gasteiger partial charge in [0.1, 0.15) is 11.6 Å². The largest absolute Gasteiger partial charge is 0.480 e. The molecule has 0 aromatic rings. The molecule has 1 amide bonds. The number of carboxylic acids is 1. The van der Waals surface area contributed by atoms with Crippen molar-refractivity contribution in [3.05, 3.63) is 0 Å². The van der Waals surface area contributed by atoms with Gasteiger partial charge < -0.3 is 15.2 Å². The van der Waals surface area contributed by atoms with E-state index in [9.17, 15) is 14.7 Å². The number of carbonyl (C=O) groups excluding carboxylic acids is 1. The number of carboxylic acid groups (broad SMARTS) is 1. The van der Waals surface area contributed by atoms with Gasteiger partial charge >= 0.3 is 12.1 Å². The molecule has 2 saturated carbocycles. The molecule has 0 saturated heterocycles. The predicted octanol–water partition coefficient (Wildman–Crippen LogP) is 2.01. The minimum Gasteiger partial charge on any atom is -0.480 e. The summed E-state index contributed by atoms with van der Waals surface area (Å²) >= 11 is 0. The first-order valence-corrected chi connectivity index (χ1v) is 6.48. The van der Waals surface area contributed by atoms with Crippen LogP contribution in [0.3, 0.4) is 0 Å². The summed E-state index contributed by atoms with van der Waals surface area (Å²) < 4.78 is 5.10. The number of fused-ring (bicyclic) bond motifs is 1. The molecule has 2 fully saturated rings. The second-order valence-electron chi connectivity index (χ2n) is 6.45. The molecule has 2 aliphatic rings. The van der Waals surface area contributed by atoms with E-state index >= 15 is 0 Å². The van der Waals surface area contributed by atoms with Crippen LogP contribution in [0.1, 0.15) is 40.0 Å². The Kier molecular flexibility index (Phi) is 3.25. The molecule has 2 N–H and O–H groups in total. The van der Waals surface area contributed by atoms with Crippen LogP contribution in [0.5, 0.6) is 0 Å². The smallest absolute Gasteiger partial charge is 0.408 e. The molecule has 18 heavy (non-hydrogen) atoms. The van der Waals surface area contributed by atoms with Gasteiger partial charge in [0, 0.05) is 0 Å². The number of aliphatic carboxylic acids is 1. The second-order valence-corrected chi connectivity index (χ2v) is 6.45. The Bertz CT molecular complexity index is 350. The molecule has 4 atom stereocenters. The molecule has 5 heteroatoms. The molecule has 2 rings (SSSR count). The summed E-state index contributed by atoms with van der Waals surface area (Å²) in [6.45, 7) is 5.27. The van der Waals surface area contributed by atoms with Crippen molar-refractivity contribution in [1.82, 2.24) is 5.32 Å². The van der Waals surface area contributed by atoms with Crippen LogP contribution in [0.2, 0.25) is 0 Å². The predicted molar refractivity (Wildman–Crippen MR) is 65.1 cm³/mol. The summed E-state index contributed by atoms with van der Waals surface area (Å²) in [5, 5.41) is 11.7. The summed E-state index contributed by atoms with van der Waals surface area (Å²) in [5.41, 5.74) is -0.606. The molecule has 0 spiro atoms. The molecule has 0 heterocycles. The quantitative estimate of drug-likeness (QED) is 0.809. The van der Waals surface area contributed by atoms with Crippen LogP contribution in [0.4, 0.5) is 4.79 Å². The fraction of sp³-hybridized carbons (Fsp3) is 0.846. The highest BCUT2D eigenvalue weighted by atomic mass is 16.6. The average Bonchev–Trinajstić information content (AvgIpc) is 2.79. The first-order chi connectivity index (χ1) is 8.26. The normalized spacial score (nSPS) is 31.4. The molecule has 0 aromatic heterocycles. The summed E-state index contributed by atoms with van der Waals surface area (Å²) in [7, 11) is 0. The molecule has 5 nitrogen and oxygen atoms in total. The van der Waals surface area contributed by atoms with E-state index in [2.05, 4.69) is 5.32 Å². The third kappa shape index (κ3) is 3.15. The van der Waals surface area contributed by atoms with E-state index in [-0.39, 0.29) is 5.92 Å². The summed E-state index contributed by atoms with van der Waals surface area (Å²) in [4.78, 5) is 22.9. The first kappa shape index (κ1) is 13.2. The van der Waals surface area contributed by atoms with Gasteiger partial charge in [-0.15, -0.1) is 0 Å². The number of amides is 1. The standard InChI is InChI=1S/C13H21NO4/c1-13(2,3)18-12(17)14-10(11(15)16)9-5-7-4-8(7)6-9/h7-10H,4-6H2,1-3H3,(H,14,17)(H,15,16)/t7-,8+,9-,10?. The lowest BCUT2D eigenvalue weighted by atomic mass is 9.94. The van der Waals surface area contributed by atoms with Crippen molar-refractivity contribution in [3.8, 4) is 0 Å². The molecule has 0 bridgehead atoms. The minimum absolute atomic E-state index is 0.0544. The number of hydrogen-bond acceptors (Lipinski definition) is 3. The number of carbonyl (C=O) groups is 2. The second kappa shape index (κ2) is 4.44. The molecule has 0 aliphatic heterocycles. The van der Waals surface area contributed by atoms with Crippen molar-refractivity contribution in [1.29, 1.82) is 0 Å². The molecule has 0 aromatic carbocycles. The Morgan fingerprint density at radius 2 is 1.78 bits per heavy atom. The van der Waals surface area contributed by atoms with Crippen molar-refractivity contribution in [3.63, 3.8) is 0 Å². The van der Waals surface area contributed by atoms with Crippen molar-refractivity contribution in [2.45, 2.75) is 51.7 Å². The van der Waals surface area contributed by atoms with Crippen molar-refractivity contribution < 1.29 is 19.4 Å². The van der Waals surface area contributed by atoms with Gasteiger partial charge in [-0.05, 0) is 57.8 Å². The van der Waals surface area contributed by atoms with E-state index < -0.39 is 23.7 Å². The van der Waals surface area contributed by atoms with Crippen LogP contribution in [0, 0.1) is 17.8 Å². The van der Waals surface area contributed by atoms with E-state index in [4.69, 9.17) is 4.74 Å². The van der Waals surface area contributed by atoms with E-state index in [0.717, 1.165) is 12.8 Å². The average molecular weight is 255 g/mol. The maximum absolute atomic E-state index is 11.6. The van der Waals surface area contributed by atoms with Gasteiger partial charge in [-0.25, -0.2) is 9.59 Å². The van der Waals surface area contributed by atoms with Crippen LogP contribution in [-0.2, 0) is 9.53 Å². The number of alkyl carbamates (subject to hydrolysis) is 1. The fourth-order valence-corrected chi connectivity index (χ4v) is 2.85. The summed E-state index contributed by atoms with van der Waals surface area (Å²) in [6, 6.07) is -0.812. The Labute approximate surface area is 107 Å². The molecule has 102 valence electrons. The van der Waals surface area contributed by atoms with Gasteiger partial charge in [-0.1, -0.05) is 0 Å². The van der Waals surface area contributed by atoms with Gasteiger partial charge in [0.05, 0.1) is 0 Å². The Morgan fingerprint density at radius 1 is 1.22 bits per heavy atom. The lowest BCUT2D eigenvalue weighted by Crippen LogP contribution is -2.47. The van der Waals surface area contributed by atoms with Crippen LogP contribution in [0.25, 0.3) is 0 Å². The van der Waals surface area contributed by atoms with Gasteiger partial charge in [-0.3, -0.25) is 0 Å². The molecule has 1 unspecified atom stereocenters. The van der Waals surface area contributed by atoms with Crippen LogP contribution >= 0.6 is 0 Å². The van der Waals surface area contributed by atoms with Gasteiger partial charge in [0.2, 0.25) is 0 Å². The highest BCUT2D eigenvalue weighted by Crippen LogP contribution is 2.55. The maximum Gasteiger partial charge on any atom is 0.408 e. The first-order valence-electron chi connectivity index (χ1n) is 6.48. The Hall–Kier alpha value is -1.26. The molecule has 0 radical (unpaired) electrons. The zero-order valence-electron chi connectivity index (χ0n) is 11.1. The van der Waals surface area contributed by atoms with Crippen LogP contribution in [-0.4, -0.2) is 28.8 Å². The Balaban J connectivity index is 1.90. The lowest BCUT2D eigenvalue weighted by Gasteiger charge is -2.25. The molecular weight excluding hydrogens is 234 g/mol. The highest BCUT2D eigenvalue weighted by Gasteiger charge is 2.49. The summed E-state index contributed by atoms with van der Waals surface area (Å²) in [5.74, 6) is 0.473. The van der Waals surface area contributed by atoms with Crippen LogP contribution in [0.15, 0.2) is 0 Å². The lowest BCUT2D eigenvalue weighted by molar-refractivity contribution is -0.141. The zero-order valence-corrected chi connectivity index (χ0v) is 11.1. The number of hydrogen-bond donors (Lipinski definition) is 2. The van der Waals surface area contributed by atoms with E-state index in [1.807, 2.05) is 0 Å². The van der Waals surface area contributed by atoms with Crippen LogP contribution < -0.4 is 5.32 Å². The van der Waals surface area contributed by atoms with E-state index in [1.165, 1.54) is 6.42 Å². The van der Waals surface area contributed by atoms with Gasteiger partial charge in [0.15, 0.2) is 0 Å². The molecular formula is C13H21NO4. The van der Waals surface area contributed by atoms with Crippen molar-refractivity contribution in [2.75, 3.05) is 0 Å². The SMILES string of the molecule is CC(C)(C)OC(=O)NC(C(=O)O)[C@H]1C[C@@H]2C[C@@H]2C1. The van der Waals surface area contributed by atoms with Gasteiger partial charge in [-0.2, -0.15) is 0 Å². The highest BCUT2D eigenvalue weighted by molar-refractivity contribution is 5.80. The monoisotopic (exact) mass is 255 g/mol. The number of nitrogens with one attached hydrogen (secondary N) is 1. The summed E-state index contributed by atoms with van der Waals surface area (Å²) in [6.07, 6.45) is 2.42. The topological polar surface area (TPSA) is 75.6 Å². The van der Waals surface area contributed by atoms with Crippen molar-refractivity contribution >= 4 is 12.1 Å².